The van der Waals surface area contributed by atoms with E-state index >= 15 is 0 Å². The summed E-state index contributed by atoms with van der Waals surface area (Å²) in [5, 5.41) is 3.17. The summed E-state index contributed by atoms with van der Waals surface area (Å²) in [6.45, 7) is 2.65. The summed E-state index contributed by atoms with van der Waals surface area (Å²) in [6.07, 6.45) is 4.17. The fourth-order valence-corrected chi connectivity index (χ4v) is 1.05. The molecule has 0 aliphatic carbocycles. The average molecular weight is 196 g/mol. The Morgan fingerprint density at radius 2 is 2.36 bits per heavy atom. The minimum atomic E-state index is 0.233. The van der Waals surface area contributed by atoms with Crippen molar-refractivity contribution in [2.75, 3.05) is 19.0 Å². The predicted octanol–water partition coefficient (Wildman–Crippen LogP) is 0.634. The van der Waals surface area contributed by atoms with E-state index < -0.39 is 0 Å². The Morgan fingerprint density at radius 1 is 1.57 bits per heavy atom. The van der Waals surface area contributed by atoms with E-state index in [9.17, 15) is 0 Å². The van der Waals surface area contributed by atoms with Gasteiger partial charge in [-0.3, -0.25) is 4.98 Å². The summed E-state index contributed by atoms with van der Waals surface area (Å²) in [6, 6.07) is 0.233. The number of rotatable bonds is 5. The summed E-state index contributed by atoms with van der Waals surface area (Å²) in [7, 11) is 1.56. The number of ether oxygens (including phenoxy) is 1. The van der Waals surface area contributed by atoms with Gasteiger partial charge in [-0.05, 0) is 6.42 Å². The Labute approximate surface area is 83.7 Å². The zero-order valence-electron chi connectivity index (χ0n) is 8.53. The Hall–Kier alpha value is -1.36. The first-order valence-corrected chi connectivity index (χ1v) is 4.62. The Morgan fingerprint density at radius 3 is 2.93 bits per heavy atom. The highest BCUT2D eigenvalue weighted by Crippen LogP contribution is 2.09. The molecular weight excluding hydrogens is 180 g/mol. The van der Waals surface area contributed by atoms with Crippen molar-refractivity contribution >= 4 is 5.82 Å². The van der Waals surface area contributed by atoms with Crippen LogP contribution in [0.25, 0.3) is 0 Å². The summed E-state index contributed by atoms with van der Waals surface area (Å²) in [5.41, 5.74) is 5.56. The lowest BCUT2D eigenvalue weighted by Gasteiger charge is -2.14. The number of nitrogens with one attached hydrogen (secondary N) is 1. The molecule has 5 nitrogen and oxygen atoms in total. The number of hydrogen-bond acceptors (Lipinski definition) is 5. The van der Waals surface area contributed by atoms with Gasteiger partial charge in [0.2, 0.25) is 5.88 Å². The first-order valence-electron chi connectivity index (χ1n) is 4.62. The van der Waals surface area contributed by atoms with Crippen LogP contribution >= 0.6 is 0 Å². The van der Waals surface area contributed by atoms with Gasteiger partial charge in [0, 0.05) is 12.6 Å². The summed E-state index contributed by atoms with van der Waals surface area (Å²) < 4.78 is 4.96. The first-order chi connectivity index (χ1) is 6.80. The van der Waals surface area contributed by atoms with Gasteiger partial charge in [-0.25, -0.2) is 0 Å². The highest BCUT2D eigenvalue weighted by molar-refractivity contribution is 5.34. The number of nitrogens with two attached hydrogens (primary N) is 1. The molecule has 0 saturated carbocycles. The lowest BCUT2D eigenvalue weighted by molar-refractivity contribution is 0.396. The van der Waals surface area contributed by atoms with Crippen LogP contribution in [0.1, 0.15) is 13.3 Å². The number of aromatic nitrogens is 2. The van der Waals surface area contributed by atoms with Gasteiger partial charge in [0.15, 0.2) is 0 Å². The molecule has 0 radical (unpaired) electrons. The van der Waals surface area contributed by atoms with Crippen LogP contribution in [0.2, 0.25) is 0 Å². The van der Waals surface area contributed by atoms with Crippen LogP contribution < -0.4 is 15.8 Å². The summed E-state index contributed by atoms with van der Waals surface area (Å²) >= 11 is 0. The Bertz CT molecular complexity index is 275. The van der Waals surface area contributed by atoms with Crippen molar-refractivity contribution in [2.24, 2.45) is 5.73 Å². The Balaban J connectivity index is 2.65. The highest BCUT2D eigenvalue weighted by atomic mass is 16.5. The van der Waals surface area contributed by atoms with Gasteiger partial charge in [0.1, 0.15) is 5.82 Å². The maximum atomic E-state index is 5.56. The van der Waals surface area contributed by atoms with Crippen LogP contribution in [0.5, 0.6) is 5.88 Å². The molecule has 1 heterocycles. The second kappa shape index (κ2) is 5.39. The SMILES string of the molecule is CCC(CN)Nc1cncc(OC)n1. The van der Waals surface area contributed by atoms with Gasteiger partial charge in [-0.2, -0.15) is 4.98 Å². The van der Waals surface area contributed by atoms with E-state index in [-0.39, 0.29) is 6.04 Å². The third-order valence-corrected chi connectivity index (χ3v) is 1.95. The molecule has 1 atom stereocenters. The van der Waals surface area contributed by atoms with E-state index in [0.717, 1.165) is 6.42 Å². The number of nitrogens with zero attached hydrogens (tertiary/aromatic N) is 2. The van der Waals surface area contributed by atoms with Crippen molar-refractivity contribution in [2.45, 2.75) is 19.4 Å². The predicted molar refractivity (Wildman–Crippen MR) is 55.3 cm³/mol. The zero-order valence-corrected chi connectivity index (χ0v) is 8.53. The lowest BCUT2D eigenvalue weighted by atomic mass is 10.2. The molecule has 1 unspecified atom stereocenters. The van der Waals surface area contributed by atoms with Crippen LogP contribution in [-0.4, -0.2) is 29.7 Å². The molecule has 0 aliphatic heterocycles. The highest BCUT2D eigenvalue weighted by Gasteiger charge is 2.04. The van der Waals surface area contributed by atoms with Gasteiger partial charge < -0.3 is 15.8 Å². The molecule has 0 aliphatic rings. The normalized spacial score (nSPS) is 12.2. The molecule has 1 rings (SSSR count). The molecule has 3 N–H and O–H groups in total. The molecule has 0 bridgehead atoms. The maximum Gasteiger partial charge on any atom is 0.233 e. The molecule has 14 heavy (non-hydrogen) atoms. The average Bonchev–Trinajstić information content (AvgIpc) is 2.26. The van der Waals surface area contributed by atoms with E-state index in [1.807, 2.05) is 0 Å². The first kappa shape index (κ1) is 10.7. The quantitative estimate of drug-likeness (QED) is 0.722. The monoisotopic (exact) mass is 196 g/mol. The minimum absolute atomic E-state index is 0.233. The van der Waals surface area contributed by atoms with Crippen molar-refractivity contribution in [3.8, 4) is 5.88 Å². The van der Waals surface area contributed by atoms with Crippen LogP contribution in [0.4, 0.5) is 5.82 Å². The van der Waals surface area contributed by atoms with Gasteiger partial charge >= 0.3 is 0 Å². The molecule has 1 aromatic heterocycles. The van der Waals surface area contributed by atoms with Crippen LogP contribution in [0.3, 0.4) is 0 Å². The van der Waals surface area contributed by atoms with Crippen molar-refractivity contribution in [3.05, 3.63) is 12.4 Å². The van der Waals surface area contributed by atoms with Crippen LogP contribution in [0, 0.1) is 0 Å². The number of anilines is 1. The molecule has 1 aromatic rings. The van der Waals surface area contributed by atoms with Crippen molar-refractivity contribution in [1.29, 1.82) is 0 Å². The van der Waals surface area contributed by atoms with E-state index in [1.165, 1.54) is 0 Å². The molecule has 78 valence electrons. The van der Waals surface area contributed by atoms with Gasteiger partial charge in [-0.15, -0.1) is 0 Å². The lowest BCUT2D eigenvalue weighted by Crippen LogP contribution is -2.28. The smallest absolute Gasteiger partial charge is 0.233 e. The molecule has 5 heteroatoms. The molecule has 0 aromatic carbocycles. The maximum absolute atomic E-state index is 5.56. The van der Waals surface area contributed by atoms with Crippen molar-refractivity contribution < 1.29 is 4.74 Å². The fourth-order valence-electron chi connectivity index (χ4n) is 1.05. The Kier molecular flexibility index (Phi) is 4.12. The van der Waals surface area contributed by atoms with E-state index in [2.05, 4.69) is 22.2 Å². The zero-order chi connectivity index (χ0) is 10.4. The molecule has 0 spiro atoms. The third-order valence-electron chi connectivity index (χ3n) is 1.95. The van der Waals surface area contributed by atoms with Gasteiger partial charge in [-0.1, -0.05) is 6.92 Å². The summed E-state index contributed by atoms with van der Waals surface area (Å²) in [4.78, 5) is 8.16. The standard InChI is InChI=1S/C9H16N4O/c1-3-7(4-10)12-8-5-11-6-9(13-8)14-2/h5-7H,3-4,10H2,1-2H3,(H,12,13). The van der Waals surface area contributed by atoms with Crippen LogP contribution in [-0.2, 0) is 0 Å². The number of hydrogen-bond donors (Lipinski definition) is 2. The van der Waals surface area contributed by atoms with Gasteiger partial charge in [0.05, 0.1) is 19.5 Å². The topological polar surface area (TPSA) is 73.1 Å². The second-order valence-electron chi connectivity index (χ2n) is 2.93. The van der Waals surface area contributed by atoms with Crippen molar-refractivity contribution in [1.82, 2.24) is 9.97 Å². The van der Waals surface area contributed by atoms with Crippen molar-refractivity contribution in [3.63, 3.8) is 0 Å². The fraction of sp³-hybridized carbons (Fsp3) is 0.556. The summed E-state index contributed by atoms with van der Waals surface area (Å²) in [5.74, 6) is 1.20. The van der Waals surface area contributed by atoms with Gasteiger partial charge in [0.25, 0.3) is 0 Å². The third kappa shape index (κ3) is 2.85. The second-order valence-corrected chi connectivity index (χ2v) is 2.93. The number of methoxy groups -OCH3 is 1. The van der Waals surface area contributed by atoms with E-state index in [4.69, 9.17) is 10.5 Å². The minimum Gasteiger partial charge on any atom is -0.480 e. The molecule has 0 saturated heterocycles. The molecular formula is C9H16N4O. The van der Waals surface area contributed by atoms with E-state index in [1.54, 1.807) is 19.5 Å². The molecule has 0 amide bonds. The van der Waals surface area contributed by atoms with E-state index in [0.29, 0.717) is 18.2 Å². The van der Waals surface area contributed by atoms with Crippen LogP contribution in [0.15, 0.2) is 12.4 Å². The largest absolute Gasteiger partial charge is 0.480 e. The molecule has 0 fully saturated rings.